The summed E-state index contributed by atoms with van der Waals surface area (Å²) in [4.78, 5) is 11.6. The van der Waals surface area contributed by atoms with E-state index in [1.165, 1.54) is 4.57 Å². The lowest BCUT2D eigenvalue weighted by atomic mass is 10.6. The summed E-state index contributed by atoms with van der Waals surface area (Å²) in [5, 5.41) is 2.86. The monoisotopic (exact) mass is 197 g/mol. The van der Waals surface area contributed by atoms with E-state index in [-0.39, 0.29) is 5.56 Å². The van der Waals surface area contributed by atoms with Crippen molar-refractivity contribution in [3.8, 4) is 0 Å². The van der Waals surface area contributed by atoms with Gasteiger partial charge in [-0.25, -0.2) is 0 Å². The topological polar surface area (TPSA) is 46.8 Å². The maximum Gasteiger partial charge on any atom is 0.329 e. The van der Waals surface area contributed by atoms with Gasteiger partial charge >= 0.3 is 16.0 Å². The number of rotatable bonds is 0. The molecule has 0 fully saturated rings. The van der Waals surface area contributed by atoms with E-state index >= 15 is 0 Å². The molecular formula is C7H9N4OS+. The molecule has 2 heterocycles. The van der Waals surface area contributed by atoms with Gasteiger partial charge in [-0.2, -0.15) is 4.40 Å². The number of hydrogen-bond donors (Lipinski definition) is 1. The Morgan fingerprint density at radius 3 is 2.92 bits per heavy atom. The van der Waals surface area contributed by atoms with Crippen LogP contribution in [0, 0.1) is 4.77 Å². The molecule has 0 radical (unpaired) electrons. The molecule has 0 aliphatic carbocycles. The summed E-state index contributed by atoms with van der Waals surface area (Å²) < 4.78 is 5.30. The van der Waals surface area contributed by atoms with Gasteiger partial charge in [-0.15, -0.1) is 9.78 Å². The fraction of sp³-hybridized carbons (Fsp3) is 0.286. The zero-order chi connectivity index (χ0) is 9.59. The Morgan fingerprint density at radius 2 is 2.23 bits per heavy atom. The van der Waals surface area contributed by atoms with Crippen LogP contribution in [0.5, 0.6) is 0 Å². The number of hydrogen-bond acceptors (Lipinski definition) is 2. The van der Waals surface area contributed by atoms with Crippen molar-refractivity contribution in [1.29, 1.82) is 0 Å². The Labute approximate surface area is 78.8 Å². The first-order valence-corrected chi connectivity index (χ1v) is 4.18. The highest BCUT2D eigenvalue weighted by atomic mass is 32.1. The minimum absolute atomic E-state index is 0.0719. The van der Waals surface area contributed by atoms with Crippen molar-refractivity contribution in [2.24, 2.45) is 14.1 Å². The quantitative estimate of drug-likeness (QED) is 0.458. The lowest BCUT2D eigenvalue weighted by molar-refractivity contribution is -0.521. The zero-order valence-electron chi connectivity index (χ0n) is 7.31. The molecule has 2 aromatic rings. The Morgan fingerprint density at radius 1 is 1.54 bits per heavy atom. The first kappa shape index (κ1) is 8.18. The highest BCUT2D eigenvalue weighted by Gasteiger charge is 2.12. The van der Waals surface area contributed by atoms with Gasteiger partial charge in [0.25, 0.3) is 0 Å². The van der Waals surface area contributed by atoms with Gasteiger partial charge in [0.1, 0.15) is 0 Å². The molecule has 0 atom stereocenters. The van der Waals surface area contributed by atoms with E-state index in [1.807, 2.05) is 0 Å². The fourth-order valence-corrected chi connectivity index (χ4v) is 1.57. The molecule has 2 aromatic heterocycles. The lowest BCUT2D eigenvalue weighted by Crippen LogP contribution is -2.32. The second-order valence-electron chi connectivity index (χ2n) is 2.88. The van der Waals surface area contributed by atoms with Gasteiger partial charge in [0, 0.05) is 13.2 Å². The number of aryl methyl sites for hydroxylation is 2. The van der Waals surface area contributed by atoms with E-state index in [2.05, 4.69) is 5.10 Å². The van der Waals surface area contributed by atoms with Crippen LogP contribution in [0.2, 0.25) is 0 Å². The van der Waals surface area contributed by atoms with Crippen molar-refractivity contribution in [2.45, 2.75) is 0 Å². The highest BCUT2D eigenvalue weighted by Crippen LogP contribution is 1.85. The largest absolute Gasteiger partial charge is 0.329 e. The summed E-state index contributed by atoms with van der Waals surface area (Å²) in [7, 11) is 3.46. The molecule has 0 unspecified atom stereocenters. The van der Waals surface area contributed by atoms with E-state index in [9.17, 15) is 4.79 Å². The summed E-state index contributed by atoms with van der Waals surface area (Å²) in [5.74, 6) is 0. The first-order valence-electron chi connectivity index (χ1n) is 3.77. The number of aromatic amines is 1. The minimum atomic E-state index is -0.0719. The minimum Gasteiger partial charge on any atom is -0.310 e. The van der Waals surface area contributed by atoms with Crippen LogP contribution in [0.25, 0.3) is 5.65 Å². The van der Waals surface area contributed by atoms with Crippen molar-refractivity contribution >= 4 is 17.9 Å². The SMILES string of the molecule is Cn1cc[n+]2c(=S)[nH]n(C)c2c1=O. The average molecular weight is 197 g/mol. The molecule has 6 heteroatoms. The number of nitrogens with one attached hydrogen (secondary N) is 1. The molecule has 2 rings (SSSR count). The number of aromatic nitrogens is 4. The maximum absolute atomic E-state index is 11.6. The standard InChI is InChI=1S/C7H8N4OS/c1-9-3-4-11-5(6(9)12)10(2)8-7(11)13/h3-4H,1-2H3/p+1. The molecule has 1 N–H and O–H groups in total. The smallest absolute Gasteiger partial charge is 0.310 e. The molecule has 68 valence electrons. The summed E-state index contributed by atoms with van der Waals surface area (Å²) >= 11 is 5.02. The Balaban J connectivity index is 3.17. The number of fused-ring (bicyclic) bond motifs is 1. The Kier molecular flexibility index (Phi) is 1.59. The van der Waals surface area contributed by atoms with Crippen molar-refractivity contribution in [2.75, 3.05) is 0 Å². The molecule has 5 nitrogen and oxygen atoms in total. The predicted octanol–water partition coefficient (Wildman–Crippen LogP) is -0.480. The van der Waals surface area contributed by atoms with E-state index in [1.54, 1.807) is 35.6 Å². The first-order chi connectivity index (χ1) is 6.11. The molecule has 13 heavy (non-hydrogen) atoms. The van der Waals surface area contributed by atoms with Crippen molar-refractivity contribution in [1.82, 2.24) is 14.3 Å². The van der Waals surface area contributed by atoms with Crippen LogP contribution in [0.15, 0.2) is 17.2 Å². The van der Waals surface area contributed by atoms with Crippen LogP contribution in [-0.2, 0) is 14.1 Å². The van der Waals surface area contributed by atoms with Gasteiger partial charge in [0.15, 0.2) is 0 Å². The van der Waals surface area contributed by atoms with Crippen LogP contribution in [0.3, 0.4) is 0 Å². The molecule has 0 saturated heterocycles. The zero-order valence-corrected chi connectivity index (χ0v) is 8.13. The predicted molar refractivity (Wildman–Crippen MR) is 49.0 cm³/mol. The van der Waals surface area contributed by atoms with E-state index in [0.717, 1.165) is 0 Å². The normalized spacial score (nSPS) is 10.9. The van der Waals surface area contributed by atoms with Gasteiger partial charge in [-0.05, 0) is 12.2 Å². The van der Waals surface area contributed by atoms with Crippen LogP contribution < -0.4 is 9.96 Å². The van der Waals surface area contributed by atoms with Crippen molar-refractivity contribution in [3.05, 3.63) is 27.5 Å². The third-order valence-corrected chi connectivity index (χ3v) is 2.27. The Hall–Kier alpha value is -1.43. The molecule has 0 spiro atoms. The molecule has 0 saturated carbocycles. The maximum atomic E-state index is 11.6. The van der Waals surface area contributed by atoms with Gasteiger partial charge < -0.3 is 4.57 Å². The molecule has 0 aromatic carbocycles. The van der Waals surface area contributed by atoms with Gasteiger partial charge in [-0.3, -0.25) is 4.79 Å². The van der Waals surface area contributed by atoms with E-state index in [4.69, 9.17) is 12.2 Å². The number of H-pyrrole nitrogens is 1. The summed E-state index contributed by atoms with van der Waals surface area (Å²) in [6.07, 6.45) is 3.44. The van der Waals surface area contributed by atoms with Crippen LogP contribution >= 0.6 is 12.2 Å². The fourth-order valence-electron chi connectivity index (χ4n) is 1.28. The van der Waals surface area contributed by atoms with Crippen molar-refractivity contribution in [3.63, 3.8) is 0 Å². The summed E-state index contributed by atoms with van der Waals surface area (Å²) in [5.41, 5.74) is 0.465. The Bertz CT molecular complexity index is 576. The lowest BCUT2D eigenvalue weighted by Gasteiger charge is -1.92. The van der Waals surface area contributed by atoms with Gasteiger partial charge in [-0.1, -0.05) is 0 Å². The van der Waals surface area contributed by atoms with Gasteiger partial charge in [0.05, 0.1) is 13.2 Å². The molecule has 0 aliphatic rings. The van der Waals surface area contributed by atoms with Crippen molar-refractivity contribution < 1.29 is 4.40 Å². The van der Waals surface area contributed by atoms with Crippen LogP contribution in [0.1, 0.15) is 0 Å². The summed E-state index contributed by atoms with van der Waals surface area (Å²) in [6, 6.07) is 0. The molecule has 0 bridgehead atoms. The molecule has 0 aliphatic heterocycles. The van der Waals surface area contributed by atoms with Gasteiger partial charge in [0.2, 0.25) is 0 Å². The van der Waals surface area contributed by atoms with E-state index in [0.29, 0.717) is 10.4 Å². The number of nitrogens with zero attached hydrogens (tertiary/aromatic N) is 3. The van der Waals surface area contributed by atoms with Crippen LogP contribution in [0.4, 0.5) is 0 Å². The average Bonchev–Trinajstić information content (AvgIpc) is 2.35. The van der Waals surface area contributed by atoms with Crippen LogP contribution in [-0.4, -0.2) is 14.3 Å². The molecular weight excluding hydrogens is 188 g/mol. The van der Waals surface area contributed by atoms with E-state index < -0.39 is 0 Å². The summed E-state index contributed by atoms with van der Waals surface area (Å²) in [6.45, 7) is 0. The second kappa shape index (κ2) is 2.53. The second-order valence-corrected chi connectivity index (χ2v) is 3.27. The highest BCUT2D eigenvalue weighted by molar-refractivity contribution is 7.71. The third kappa shape index (κ3) is 1.02. The molecule has 0 amide bonds. The third-order valence-electron chi connectivity index (χ3n) is 1.98.